The van der Waals surface area contributed by atoms with Crippen LogP contribution in [0.5, 0.6) is 0 Å². The highest BCUT2D eigenvalue weighted by atomic mass is 19.4. The second-order valence-electron chi connectivity index (χ2n) is 4.20. The van der Waals surface area contributed by atoms with Gasteiger partial charge in [0.25, 0.3) is 0 Å². The lowest BCUT2D eigenvalue weighted by Gasteiger charge is -2.29. The Morgan fingerprint density at radius 3 is 2.00 bits per heavy atom. The van der Waals surface area contributed by atoms with E-state index in [4.69, 9.17) is 0 Å². The lowest BCUT2D eigenvalue weighted by molar-refractivity contribution is -0.294. The molecule has 6 heteroatoms. The highest BCUT2D eigenvalue weighted by Crippen LogP contribution is 2.44. The van der Waals surface area contributed by atoms with E-state index in [1.807, 2.05) is 0 Å². The molecule has 0 aliphatic heterocycles. The number of rotatable bonds is 3. The molecule has 1 aromatic carbocycles. The molecule has 0 fully saturated rings. The fraction of sp³-hybridized carbons (Fsp3) is 0.500. The fourth-order valence-electron chi connectivity index (χ4n) is 1.85. The molecule has 0 aromatic heterocycles. The van der Waals surface area contributed by atoms with E-state index in [0.29, 0.717) is 5.56 Å². The standard InChI is InChI=1S/C12H14F5N/c1-7-4-5-9(8(2)6-7)10(18-3)11(13,14)12(15,16)17/h4-6,10,18H,1-3H3. The van der Waals surface area contributed by atoms with E-state index in [0.717, 1.165) is 12.6 Å². The molecular weight excluding hydrogens is 253 g/mol. The SMILES string of the molecule is CNC(c1ccc(C)cc1C)C(F)(F)C(F)(F)F. The van der Waals surface area contributed by atoms with Crippen LogP contribution < -0.4 is 5.32 Å². The van der Waals surface area contributed by atoms with Crippen LogP contribution in [0, 0.1) is 13.8 Å². The van der Waals surface area contributed by atoms with Crippen LogP contribution in [-0.2, 0) is 0 Å². The van der Waals surface area contributed by atoms with Crippen LogP contribution in [0.2, 0.25) is 0 Å². The third kappa shape index (κ3) is 2.63. The summed E-state index contributed by atoms with van der Waals surface area (Å²) in [5.41, 5.74) is 1.16. The van der Waals surface area contributed by atoms with Gasteiger partial charge in [0.1, 0.15) is 6.04 Å². The average molecular weight is 267 g/mol. The Morgan fingerprint density at radius 2 is 1.61 bits per heavy atom. The number of hydrogen-bond donors (Lipinski definition) is 1. The summed E-state index contributed by atoms with van der Waals surface area (Å²) in [6.45, 7) is 3.26. The van der Waals surface area contributed by atoms with Crippen molar-refractivity contribution in [3.63, 3.8) is 0 Å². The van der Waals surface area contributed by atoms with Crippen LogP contribution >= 0.6 is 0 Å². The highest BCUT2D eigenvalue weighted by Gasteiger charge is 2.62. The first kappa shape index (κ1) is 14.9. The molecule has 0 saturated heterocycles. The van der Waals surface area contributed by atoms with Gasteiger partial charge in [0.05, 0.1) is 0 Å². The molecule has 1 rings (SSSR count). The molecule has 1 atom stereocenters. The minimum Gasteiger partial charge on any atom is -0.308 e. The monoisotopic (exact) mass is 267 g/mol. The van der Waals surface area contributed by atoms with E-state index in [9.17, 15) is 22.0 Å². The zero-order valence-corrected chi connectivity index (χ0v) is 10.2. The first-order valence-corrected chi connectivity index (χ1v) is 5.30. The predicted octanol–water partition coefficient (Wildman–Crippen LogP) is 3.76. The molecule has 0 saturated carbocycles. The third-order valence-corrected chi connectivity index (χ3v) is 2.77. The molecule has 1 nitrogen and oxygen atoms in total. The maximum atomic E-state index is 13.4. The van der Waals surface area contributed by atoms with Gasteiger partial charge in [-0.05, 0) is 32.0 Å². The predicted molar refractivity (Wildman–Crippen MR) is 58.7 cm³/mol. The number of halogens is 5. The molecule has 1 unspecified atom stereocenters. The van der Waals surface area contributed by atoms with Gasteiger partial charge in [-0.15, -0.1) is 0 Å². The summed E-state index contributed by atoms with van der Waals surface area (Å²) in [5, 5.41) is 2.06. The normalized spacial score (nSPS) is 14.7. The van der Waals surface area contributed by atoms with Crippen molar-refractivity contribution in [2.45, 2.75) is 32.0 Å². The summed E-state index contributed by atoms with van der Waals surface area (Å²) in [6.07, 6.45) is -5.59. The Morgan fingerprint density at radius 1 is 1.06 bits per heavy atom. The first-order chi connectivity index (χ1) is 8.11. The van der Waals surface area contributed by atoms with E-state index in [1.165, 1.54) is 19.1 Å². The molecule has 102 valence electrons. The van der Waals surface area contributed by atoms with E-state index >= 15 is 0 Å². The molecular formula is C12H14F5N. The zero-order chi connectivity index (χ0) is 14.1. The van der Waals surface area contributed by atoms with Crippen LogP contribution in [0.3, 0.4) is 0 Å². The van der Waals surface area contributed by atoms with Crippen molar-refractivity contribution in [1.82, 2.24) is 5.32 Å². The van der Waals surface area contributed by atoms with Gasteiger partial charge in [0.2, 0.25) is 0 Å². The number of aryl methyl sites for hydroxylation is 2. The van der Waals surface area contributed by atoms with Crippen molar-refractivity contribution in [2.75, 3.05) is 7.05 Å². The smallest absolute Gasteiger partial charge is 0.308 e. The molecule has 0 amide bonds. The Bertz CT molecular complexity index is 425. The molecule has 0 aliphatic carbocycles. The summed E-state index contributed by atoms with van der Waals surface area (Å²) in [4.78, 5) is 0. The molecule has 0 aliphatic rings. The van der Waals surface area contributed by atoms with Gasteiger partial charge in [-0.1, -0.05) is 23.8 Å². The van der Waals surface area contributed by atoms with Crippen molar-refractivity contribution < 1.29 is 22.0 Å². The van der Waals surface area contributed by atoms with Crippen LogP contribution in [-0.4, -0.2) is 19.1 Å². The third-order valence-electron chi connectivity index (χ3n) is 2.77. The molecule has 0 spiro atoms. The van der Waals surface area contributed by atoms with E-state index in [-0.39, 0.29) is 5.56 Å². The Labute approximate surface area is 102 Å². The van der Waals surface area contributed by atoms with Gasteiger partial charge in [-0.25, -0.2) is 0 Å². The molecule has 1 N–H and O–H groups in total. The second-order valence-corrected chi connectivity index (χ2v) is 4.20. The van der Waals surface area contributed by atoms with Gasteiger partial charge in [-0.3, -0.25) is 0 Å². The van der Waals surface area contributed by atoms with Crippen LogP contribution in [0.15, 0.2) is 18.2 Å². The largest absolute Gasteiger partial charge is 0.455 e. The zero-order valence-electron chi connectivity index (χ0n) is 10.2. The Hall–Kier alpha value is -1.17. The van der Waals surface area contributed by atoms with Gasteiger partial charge in [0, 0.05) is 0 Å². The summed E-state index contributed by atoms with van der Waals surface area (Å²) in [7, 11) is 1.09. The molecule has 0 heterocycles. The van der Waals surface area contributed by atoms with Crippen molar-refractivity contribution in [3.05, 3.63) is 34.9 Å². The second kappa shape index (κ2) is 4.84. The lowest BCUT2D eigenvalue weighted by Crippen LogP contribution is -2.47. The number of nitrogens with one attached hydrogen (secondary N) is 1. The molecule has 0 bridgehead atoms. The van der Waals surface area contributed by atoms with E-state index in [1.54, 1.807) is 13.0 Å². The number of benzene rings is 1. The van der Waals surface area contributed by atoms with Crippen molar-refractivity contribution in [1.29, 1.82) is 0 Å². The van der Waals surface area contributed by atoms with E-state index in [2.05, 4.69) is 5.32 Å². The maximum Gasteiger partial charge on any atom is 0.455 e. The Kier molecular flexibility index (Phi) is 4.00. The van der Waals surface area contributed by atoms with Gasteiger partial charge in [-0.2, -0.15) is 22.0 Å². The van der Waals surface area contributed by atoms with E-state index < -0.39 is 18.1 Å². The van der Waals surface area contributed by atoms with Crippen LogP contribution in [0.4, 0.5) is 22.0 Å². The maximum absolute atomic E-state index is 13.4. The van der Waals surface area contributed by atoms with Crippen LogP contribution in [0.25, 0.3) is 0 Å². The quantitative estimate of drug-likeness (QED) is 0.822. The topological polar surface area (TPSA) is 12.0 Å². The average Bonchev–Trinajstić information content (AvgIpc) is 2.20. The highest BCUT2D eigenvalue weighted by molar-refractivity contribution is 5.34. The summed E-state index contributed by atoms with van der Waals surface area (Å²) in [6, 6.07) is 2.30. The molecule has 0 radical (unpaired) electrons. The first-order valence-electron chi connectivity index (χ1n) is 5.30. The van der Waals surface area contributed by atoms with Crippen molar-refractivity contribution in [3.8, 4) is 0 Å². The Balaban J connectivity index is 3.26. The number of alkyl halides is 5. The summed E-state index contributed by atoms with van der Waals surface area (Å²) >= 11 is 0. The van der Waals surface area contributed by atoms with Gasteiger partial charge < -0.3 is 5.32 Å². The lowest BCUT2D eigenvalue weighted by atomic mass is 9.94. The molecule has 18 heavy (non-hydrogen) atoms. The van der Waals surface area contributed by atoms with Gasteiger partial charge in [0.15, 0.2) is 0 Å². The van der Waals surface area contributed by atoms with Gasteiger partial charge >= 0.3 is 12.1 Å². The minimum absolute atomic E-state index is 0.0505. The van der Waals surface area contributed by atoms with Crippen molar-refractivity contribution >= 4 is 0 Å². The van der Waals surface area contributed by atoms with Crippen LogP contribution in [0.1, 0.15) is 22.7 Å². The summed E-state index contributed by atoms with van der Waals surface area (Å²) < 4.78 is 63.9. The number of hydrogen-bond acceptors (Lipinski definition) is 1. The van der Waals surface area contributed by atoms with Crippen molar-refractivity contribution in [2.24, 2.45) is 0 Å². The minimum atomic E-state index is -5.59. The fourth-order valence-corrected chi connectivity index (χ4v) is 1.85. The molecule has 1 aromatic rings. The summed E-state index contributed by atoms with van der Waals surface area (Å²) in [5.74, 6) is -4.82.